The van der Waals surface area contributed by atoms with Crippen LogP contribution in [0.2, 0.25) is 0 Å². The molecule has 3 rings (SSSR count). The van der Waals surface area contributed by atoms with E-state index in [1.807, 2.05) is 18.2 Å². The number of nitrogens with zero attached hydrogens (tertiary/aromatic N) is 2. The minimum Gasteiger partial charge on any atom is -0.383 e. The molecule has 0 bridgehead atoms. The molecule has 0 aliphatic heterocycles. The van der Waals surface area contributed by atoms with E-state index in [4.69, 9.17) is 10.7 Å². The van der Waals surface area contributed by atoms with E-state index in [0.717, 1.165) is 14.8 Å². The molecule has 0 atom stereocenters. The number of anilines is 1. The summed E-state index contributed by atoms with van der Waals surface area (Å²) in [6.07, 6.45) is 0. The van der Waals surface area contributed by atoms with Crippen LogP contribution in [0, 0.1) is 3.57 Å². The Morgan fingerprint density at radius 3 is 2.43 bits per heavy atom. The molecular weight excluding hydrogens is 373 g/mol. The molecule has 0 fully saturated rings. The molecule has 0 amide bonds. The van der Waals surface area contributed by atoms with Crippen LogP contribution in [0.5, 0.6) is 0 Å². The Kier molecular flexibility index (Phi) is 3.80. The third-order valence-electron chi connectivity index (χ3n) is 3.46. The van der Waals surface area contributed by atoms with Crippen LogP contribution in [-0.4, -0.2) is 9.97 Å². The number of fused-ring (bicyclic) bond motifs is 1. The van der Waals surface area contributed by atoms with Crippen molar-refractivity contribution in [3.8, 4) is 11.4 Å². The van der Waals surface area contributed by atoms with Crippen LogP contribution in [0.3, 0.4) is 0 Å². The predicted octanol–water partition coefficient (Wildman–Crippen LogP) is 4.61. The van der Waals surface area contributed by atoms with Gasteiger partial charge in [-0.25, -0.2) is 9.97 Å². The lowest BCUT2D eigenvalue weighted by Gasteiger charge is -2.12. The second-order valence-electron chi connectivity index (χ2n) is 5.35. The first-order valence-corrected chi connectivity index (χ1v) is 7.96. The lowest BCUT2D eigenvalue weighted by molar-refractivity contribution is 0.810. The lowest BCUT2D eigenvalue weighted by atomic mass is 10.1. The Hall–Kier alpha value is -1.69. The van der Waals surface area contributed by atoms with E-state index in [9.17, 15) is 0 Å². The Balaban J connectivity index is 2.18. The number of nitrogen functional groups attached to an aromatic ring is 1. The molecule has 1 heterocycles. The molecule has 4 heteroatoms. The first kappa shape index (κ1) is 14.3. The van der Waals surface area contributed by atoms with Crippen LogP contribution in [0.25, 0.3) is 22.2 Å². The molecule has 0 spiro atoms. The van der Waals surface area contributed by atoms with Gasteiger partial charge in [0.15, 0.2) is 5.82 Å². The summed E-state index contributed by atoms with van der Waals surface area (Å²) in [7, 11) is 0. The summed E-state index contributed by atoms with van der Waals surface area (Å²) in [5.41, 5.74) is 8.06. The summed E-state index contributed by atoms with van der Waals surface area (Å²) in [4.78, 5) is 9.16. The van der Waals surface area contributed by atoms with Crippen molar-refractivity contribution in [2.45, 2.75) is 19.8 Å². The van der Waals surface area contributed by atoms with E-state index in [0.29, 0.717) is 17.6 Å². The van der Waals surface area contributed by atoms with Crippen molar-refractivity contribution >= 4 is 39.2 Å². The summed E-state index contributed by atoms with van der Waals surface area (Å²) in [6.45, 7) is 4.24. The highest BCUT2D eigenvalue weighted by Gasteiger charge is 2.14. The van der Waals surface area contributed by atoms with Gasteiger partial charge in [0.05, 0.1) is 9.26 Å². The maximum Gasteiger partial charge on any atom is 0.161 e. The van der Waals surface area contributed by atoms with Gasteiger partial charge < -0.3 is 5.73 Å². The van der Waals surface area contributed by atoms with Gasteiger partial charge in [0, 0.05) is 5.56 Å². The fraction of sp³-hybridized carbons (Fsp3) is 0.176. The van der Waals surface area contributed by atoms with Crippen molar-refractivity contribution in [1.29, 1.82) is 0 Å². The monoisotopic (exact) mass is 389 g/mol. The van der Waals surface area contributed by atoms with Gasteiger partial charge >= 0.3 is 0 Å². The third-order valence-corrected chi connectivity index (χ3v) is 4.56. The van der Waals surface area contributed by atoms with Gasteiger partial charge in [0.1, 0.15) is 5.82 Å². The minimum atomic E-state index is 0.321. The molecule has 2 N–H and O–H groups in total. The average Bonchev–Trinajstić information content (AvgIpc) is 2.49. The molecule has 0 aliphatic carbocycles. The van der Waals surface area contributed by atoms with E-state index < -0.39 is 0 Å². The average molecular weight is 389 g/mol. The molecule has 0 radical (unpaired) electrons. The molecule has 3 nitrogen and oxygen atoms in total. The van der Waals surface area contributed by atoms with Crippen molar-refractivity contribution in [2.24, 2.45) is 0 Å². The SMILES string of the molecule is CC(C)c1nc(-c2ccc3ccccc3c2)nc(N)c1I. The summed E-state index contributed by atoms with van der Waals surface area (Å²) in [5, 5.41) is 2.39. The number of rotatable bonds is 2. The molecule has 3 aromatic rings. The fourth-order valence-corrected chi connectivity index (χ4v) is 3.19. The highest BCUT2D eigenvalue weighted by molar-refractivity contribution is 14.1. The predicted molar refractivity (Wildman–Crippen MR) is 96.2 cm³/mol. The second-order valence-corrected chi connectivity index (χ2v) is 6.43. The van der Waals surface area contributed by atoms with Crippen LogP contribution in [0.1, 0.15) is 25.5 Å². The Morgan fingerprint density at radius 1 is 1.00 bits per heavy atom. The number of aromatic nitrogens is 2. The van der Waals surface area contributed by atoms with Crippen LogP contribution in [0.15, 0.2) is 42.5 Å². The van der Waals surface area contributed by atoms with E-state index in [2.05, 4.69) is 65.7 Å². The van der Waals surface area contributed by atoms with Gasteiger partial charge in [0.25, 0.3) is 0 Å². The van der Waals surface area contributed by atoms with Gasteiger partial charge in [-0.15, -0.1) is 0 Å². The molecule has 106 valence electrons. The van der Waals surface area contributed by atoms with Crippen LogP contribution >= 0.6 is 22.6 Å². The maximum absolute atomic E-state index is 6.05. The maximum atomic E-state index is 6.05. The van der Waals surface area contributed by atoms with Crippen LogP contribution < -0.4 is 5.73 Å². The molecule has 0 saturated carbocycles. The number of nitrogens with two attached hydrogens (primary N) is 1. The summed E-state index contributed by atoms with van der Waals surface area (Å²) < 4.78 is 0.951. The molecule has 0 aliphatic rings. The zero-order valence-corrected chi connectivity index (χ0v) is 14.1. The zero-order chi connectivity index (χ0) is 15.0. The highest BCUT2D eigenvalue weighted by Crippen LogP contribution is 2.28. The Bertz CT molecular complexity index is 812. The first-order valence-electron chi connectivity index (χ1n) is 6.88. The van der Waals surface area contributed by atoms with Crippen molar-refractivity contribution in [3.63, 3.8) is 0 Å². The fourth-order valence-electron chi connectivity index (χ4n) is 2.32. The summed E-state index contributed by atoms with van der Waals surface area (Å²) in [5.74, 6) is 1.57. The van der Waals surface area contributed by atoms with Gasteiger partial charge in [-0.3, -0.25) is 0 Å². The minimum absolute atomic E-state index is 0.321. The number of hydrogen-bond acceptors (Lipinski definition) is 3. The first-order chi connectivity index (χ1) is 10.1. The third kappa shape index (κ3) is 2.72. The number of benzene rings is 2. The van der Waals surface area contributed by atoms with E-state index in [1.165, 1.54) is 10.8 Å². The van der Waals surface area contributed by atoms with Crippen LogP contribution in [-0.2, 0) is 0 Å². The Morgan fingerprint density at radius 2 is 1.71 bits per heavy atom. The second kappa shape index (κ2) is 5.60. The summed E-state index contributed by atoms with van der Waals surface area (Å²) >= 11 is 2.22. The van der Waals surface area contributed by atoms with Crippen LogP contribution in [0.4, 0.5) is 5.82 Å². The molecule has 0 unspecified atom stereocenters. The lowest BCUT2D eigenvalue weighted by Crippen LogP contribution is -2.06. The normalized spacial score (nSPS) is 11.2. The van der Waals surface area contributed by atoms with Crippen molar-refractivity contribution in [3.05, 3.63) is 51.7 Å². The molecule has 1 aromatic heterocycles. The van der Waals surface area contributed by atoms with Gasteiger partial charge in [-0.2, -0.15) is 0 Å². The van der Waals surface area contributed by atoms with Crippen molar-refractivity contribution in [2.75, 3.05) is 5.73 Å². The Labute approximate surface area is 137 Å². The van der Waals surface area contributed by atoms with E-state index in [1.54, 1.807) is 0 Å². The smallest absolute Gasteiger partial charge is 0.161 e. The van der Waals surface area contributed by atoms with E-state index >= 15 is 0 Å². The summed E-state index contributed by atoms with van der Waals surface area (Å²) in [6, 6.07) is 14.5. The molecular formula is C17H16IN3. The van der Waals surface area contributed by atoms with Gasteiger partial charge in [-0.05, 0) is 45.3 Å². The van der Waals surface area contributed by atoms with Gasteiger partial charge in [-0.1, -0.05) is 50.2 Å². The standard InChI is InChI=1S/C17H16IN3/c1-10(2)15-14(18)16(19)21-17(20-15)13-8-7-11-5-3-4-6-12(11)9-13/h3-10H,1-2H3,(H2,19,20,21). The highest BCUT2D eigenvalue weighted by atomic mass is 127. The topological polar surface area (TPSA) is 51.8 Å². The largest absolute Gasteiger partial charge is 0.383 e. The zero-order valence-electron chi connectivity index (χ0n) is 12.0. The molecule has 2 aromatic carbocycles. The number of halogens is 1. The molecule has 21 heavy (non-hydrogen) atoms. The number of hydrogen-bond donors (Lipinski definition) is 1. The van der Waals surface area contributed by atoms with E-state index in [-0.39, 0.29) is 0 Å². The quantitative estimate of drug-likeness (QED) is 0.652. The van der Waals surface area contributed by atoms with Crippen molar-refractivity contribution in [1.82, 2.24) is 9.97 Å². The van der Waals surface area contributed by atoms with Gasteiger partial charge in [0.2, 0.25) is 0 Å². The van der Waals surface area contributed by atoms with Crippen molar-refractivity contribution < 1.29 is 0 Å². The molecule has 0 saturated heterocycles.